The van der Waals surface area contributed by atoms with E-state index in [2.05, 4.69) is 5.32 Å². The molecule has 1 N–H and O–H groups in total. The zero-order chi connectivity index (χ0) is 21.2. The number of anilines is 1. The minimum atomic E-state index is -2.54. The van der Waals surface area contributed by atoms with E-state index in [-0.39, 0.29) is 30.7 Å². The SMILES string of the molecule is COc1ccc(C=CC2CCC(F)(F)CC2)cc1NC(=O)C1CN(C)C(=O)N1C. The number of likely N-dealkylation sites (N-methyl/N-ethyl adjacent to an activating group) is 2. The van der Waals surface area contributed by atoms with E-state index in [1.165, 1.54) is 16.9 Å². The molecule has 1 aromatic carbocycles. The Morgan fingerprint density at radius 1 is 1.28 bits per heavy atom. The number of amides is 3. The van der Waals surface area contributed by atoms with E-state index in [0.29, 0.717) is 30.8 Å². The van der Waals surface area contributed by atoms with Crippen LogP contribution in [0.3, 0.4) is 0 Å². The Balaban J connectivity index is 1.70. The summed E-state index contributed by atoms with van der Waals surface area (Å²) in [4.78, 5) is 27.5. The molecule has 29 heavy (non-hydrogen) atoms. The van der Waals surface area contributed by atoms with Crippen molar-refractivity contribution in [1.82, 2.24) is 9.80 Å². The molecule has 8 heteroatoms. The maximum Gasteiger partial charge on any atom is 0.320 e. The smallest absolute Gasteiger partial charge is 0.320 e. The fraction of sp³-hybridized carbons (Fsp3) is 0.524. The van der Waals surface area contributed by atoms with E-state index < -0.39 is 12.0 Å². The van der Waals surface area contributed by atoms with E-state index >= 15 is 0 Å². The molecule has 0 aromatic heterocycles. The van der Waals surface area contributed by atoms with Crippen molar-refractivity contribution >= 4 is 23.7 Å². The van der Waals surface area contributed by atoms with Gasteiger partial charge in [-0.2, -0.15) is 0 Å². The maximum atomic E-state index is 13.3. The Hall–Kier alpha value is -2.64. The molecular formula is C21H27F2N3O3. The zero-order valence-corrected chi connectivity index (χ0v) is 17.0. The molecule has 158 valence electrons. The average molecular weight is 407 g/mol. The van der Waals surface area contributed by atoms with Gasteiger partial charge in [0, 0.05) is 26.9 Å². The third-order valence-corrected chi connectivity index (χ3v) is 5.65. The van der Waals surface area contributed by atoms with Gasteiger partial charge in [0.05, 0.1) is 19.3 Å². The minimum absolute atomic E-state index is 0.0754. The van der Waals surface area contributed by atoms with Crippen LogP contribution in [0.5, 0.6) is 5.75 Å². The van der Waals surface area contributed by atoms with Crippen molar-refractivity contribution < 1.29 is 23.1 Å². The summed E-state index contributed by atoms with van der Waals surface area (Å²) in [6, 6.07) is 4.60. The van der Waals surface area contributed by atoms with E-state index in [4.69, 9.17) is 4.74 Å². The van der Waals surface area contributed by atoms with Crippen molar-refractivity contribution in [2.75, 3.05) is 33.1 Å². The number of alkyl halides is 2. The van der Waals surface area contributed by atoms with Crippen molar-refractivity contribution in [2.45, 2.75) is 37.6 Å². The van der Waals surface area contributed by atoms with Crippen LogP contribution in [0, 0.1) is 5.92 Å². The van der Waals surface area contributed by atoms with Gasteiger partial charge in [0.25, 0.3) is 0 Å². The molecule has 1 unspecified atom stereocenters. The number of hydrogen-bond donors (Lipinski definition) is 1. The monoisotopic (exact) mass is 407 g/mol. The molecule has 6 nitrogen and oxygen atoms in total. The van der Waals surface area contributed by atoms with Gasteiger partial charge in [-0.15, -0.1) is 0 Å². The lowest BCUT2D eigenvalue weighted by atomic mass is 9.86. The summed E-state index contributed by atoms with van der Waals surface area (Å²) < 4.78 is 31.9. The Morgan fingerprint density at radius 3 is 2.55 bits per heavy atom. The van der Waals surface area contributed by atoms with Gasteiger partial charge in [0.15, 0.2) is 0 Å². The number of methoxy groups -OCH3 is 1. The molecule has 1 aliphatic heterocycles. The molecule has 1 heterocycles. The van der Waals surface area contributed by atoms with E-state index in [0.717, 1.165) is 5.56 Å². The molecule has 0 radical (unpaired) electrons. The van der Waals surface area contributed by atoms with Crippen LogP contribution in [-0.2, 0) is 4.79 Å². The number of ether oxygens (including phenoxy) is 1. The second-order valence-electron chi connectivity index (χ2n) is 7.79. The van der Waals surface area contributed by atoms with Crippen molar-refractivity contribution in [3.05, 3.63) is 29.8 Å². The lowest BCUT2D eigenvalue weighted by Gasteiger charge is -2.26. The molecule has 2 fully saturated rings. The van der Waals surface area contributed by atoms with Gasteiger partial charge in [-0.05, 0) is 36.5 Å². The fourth-order valence-corrected chi connectivity index (χ4v) is 3.77. The standard InChI is InChI=1S/C21H27F2N3O3/c1-25-13-17(26(2)20(25)28)19(27)24-16-12-15(6-7-18(16)29-3)5-4-14-8-10-21(22,23)11-9-14/h4-7,12,14,17H,8-11,13H2,1-3H3,(H,24,27). The van der Waals surface area contributed by atoms with Gasteiger partial charge < -0.3 is 19.9 Å². The quantitative estimate of drug-likeness (QED) is 0.807. The summed E-state index contributed by atoms with van der Waals surface area (Å²) in [5, 5.41) is 2.85. The van der Waals surface area contributed by atoms with Gasteiger partial charge in [0.2, 0.25) is 11.8 Å². The number of halogens is 2. The molecule has 2 aliphatic rings. The van der Waals surface area contributed by atoms with Crippen LogP contribution < -0.4 is 10.1 Å². The molecule has 1 aliphatic carbocycles. The first-order valence-electron chi connectivity index (χ1n) is 9.73. The van der Waals surface area contributed by atoms with Gasteiger partial charge in [-0.3, -0.25) is 4.79 Å². The first-order valence-corrected chi connectivity index (χ1v) is 9.73. The summed E-state index contributed by atoms with van der Waals surface area (Å²) in [5.74, 6) is -2.19. The van der Waals surface area contributed by atoms with Gasteiger partial charge in [-0.25, -0.2) is 13.6 Å². The molecular weight excluding hydrogens is 380 g/mol. The predicted octanol–water partition coefficient (Wildman–Crippen LogP) is 3.84. The number of nitrogens with zero attached hydrogens (tertiary/aromatic N) is 2. The molecule has 3 amide bonds. The van der Waals surface area contributed by atoms with Crippen LogP contribution in [-0.4, -0.2) is 61.5 Å². The molecule has 1 saturated carbocycles. The summed E-state index contributed by atoms with van der Waals surface area (Å²) >= 11 is 0. The van der Waals surface area contributed by atoms with Gasteiger partial charge >= 0.3 is 6.03 Å². The largest absolute Gasteiger partial charge is 0.495 e. The molecule has 1 saturated heterocycles. The van der Waals surface area contributed by atoms with Crippen LogP contribution in [0.1, 0.15) is 31.2 Å². The first-order chi connectivity index (χ1) is 13.7. The topological polar surface area (TPSA) is 61.9 Å². The lowest BCUT2D eigenvalue weighted by molar-refractivity contribution is -0.119. The van der Waals surface area contributed by atoms with Gasteiger partial charge in [-0.1, -0.05) is 18.2 Å². The Kier molecular flexibility index (Phi) is 6.10. The molecule has 0 bridgehead atoms. The number of urea groups is 1. The van der Waals surface area contributed by atoms with Crippen LogP contribution in [0.25, 0.3) is 6.08 Å². The van der Waals surface area contributed by atoms with Crippen LogP contribution in [0.15, 0.2) is 24.3 Å². The van der Waals surface area contributed by atoms with E-state index in [9.17, 15) is 18.4 Å². The summed E-state index contributed by atoms with van der Waals surface area (Å²) in [6.07, 6.45) is 4.64. The number of nitrogens with one attached hydrogen (secondary N) is 1. The fourth-order valence-electron chi connectivity index (χ4n) is 3.77. The Morgan fingerprint density at radius 2 is 1.97 bits per heavy atom. The molecule has 0 spiro atoms. The van der Waals surface area contributed by atoms with Crippen LogP contribution >= 0.6 is 0 Å². The third kappa shape index (κ3) is 4.86. The number of allylic oxidation sites excluding steroid dienone is 1. The number of benzene rings is 1. The maximum absolute atomic E-state index is 13.3. The molecule has 1 aromatic rings. The Bertz CT molecular complexity index is 802. The van der Waals surface area contributed by atoms with Crippen molar-refractivity contribution in [3.63, 3.8) is 0 Å². The number of carbonyl (C=O) groups excluding carboxylic acids is 2. The van der Waals surface area contributed by atoms with Crippen LogP contribution in [0.2, 0.25) is 0 Å². The highest BCUT2D eigenvalue weighted by molar-refractivity contribution is 6.00. The minimum Gasteiger partial charge on any atom is -0.495 e. The molecule has 3 rings (SSSR count). The zero-order valence-electron chi connectivity index (χ0n) is 17.0. The number of rotatable bonds is 5. The number of hydrogen-bond acceptors (Lipinski definition) is 3. The van der Waals surface area contributed by atoms with Gasteiger partial charge in [0.1, 0.15) is 11.8 Å². The first kappa shape index (κ1) is 21.1. The molecule has 1 atom stereocenters. The lowest BCUT2D eigenvalue weighted by Crippen LogP contribution is -2.40. The van der Waals surface area contributed by atoms with E-state index in [1.807, 2.05) is 18.2 Å². The second-order valence-corrected chi connectivity index (χ2v) is 7.79. The second kappa shape index (κ2) is 8.39. The Labute approximate surface area is 169 Å². The summed E-state index contributed by atoms with van der Waals surface area (Å²) in [5.41, 5.74) is 1.34. The van der Waals surface area contributed by atoms with Crippen molar-refractivity contribution in [2.24, 2.45) is 5.92 Å². The normalized spacial score (nSPS) is 22.4. The van der Waals surface area contributed by atoms with E-state index in [1.54, 1.807) is 26.2 Å². The number of carbonyl (C=O) groups is 2. The van der Waals surface area contributed by atoms with Crippen LogP contribution in [0.4, 0.5) is 19.3 Å². The van der Waals surface area contributed by atoms with Crippen molar-refractivity contribution in [3.8, 4) is 5.75 Å². The predicted molar refractivity (Wildman–Crippen MR) is 107 cm³/mol. The highest BCUT2D eigenvalue weighted by atomic mass is 19.3. The summed E-state index contributed by atoms with van der Waals surface area (Å²) in [6.45, 7) is 0.315. The van der Waals surface area contributed by atoms with Crippen molar-refractivity contribution in [1.29, 1.82) is 0 Å². The highest BCUT2D eigenvalue weighted by Gasteiger charge is 2.37. The third-order valence-electron chi connectivity index (χ3n) is 5.65. The highest BCUT2D eigenvalue weighted by Crippen LogP contribution is 2.37. The summed E-state index contributed by atoms with van der Waals surface area (Å²) in [7, 11) is 4.77. The average Bonchev–Trinajstić information content (AvgIpc) is 2.95.